The number of fused-ring (bicyclic) bond motifs is 1. The first-order chi connectivity index (χ1) is 13.4. The Hall–Kier alpha value is -1.68. The van der Waals surface area contributed by atoms with Gasteiger partial charge in [-0.05, 0) is 45.8 Å². The van der Waals surface area contributed by atoms with Gasteiger partial charge in [-0.25, -0.2) is 12.8 Å². The first-order valence-electron chi connectivity index (χ1n) is 8.99. The Bertz CT molecular complexity index is 978. The molecule has 4 rings (SSSR count). The number of sulfonamides is 1. The van der Waals surface area contributed by atoms with Crippen LogP contribution in [0.5, 0.6) is 11.5 Å². The van der Waals surface area contributed by atoms with Gasteiger partial charge in [-0.15, -0.1) is 0 Å². The summed E-state index contributed by atoms with van der Waals surface area (Å²) in [4.78, 5) is 2.38. The van der Waals surface area contributed by atoms with E-state index < -0.39 is 10.0 Å². The Balaban J connectivity index is 1.42. The largest absolute Gasteiger partial charge is 0.486 e. The Morgan fingerprint density at radius 1 is 0.964 bits per heavy atom. The van der Waals surface area contributed by atoms with Crippen molar-refractivity contribution in [2.75, 3.05) is 39.4 Å². The van der Waals surface area contributed by atoms with E-state index in [9.17, 15) is 12.8 Å². The van der Waals surface area contributed by atoms with Crippen molar-refractivity contribution in [1.29, 1.82) is 0 Å². The molecule has 2 aliphatic rings. The van der Waals surface area contributed by atoms with Crippen molar-refractivity contribution in [2.45, 2.75) is 11.4 Å². The van der Waals surface area contributed by atoms with E-state index in [1.54, 1.807) is 24.3 Å². The molecule has 0 aliphatic carbocycles. The van der Waals surface area contributed by atoms with Gasteiger partial charge in [0.1, 0.15) is 19.0 Å². The summed E-state index contributed by atoms with van der Waals surface area (Å²) in [6.07, 6.45) is 0. The number of benzene rings is 2. The van der Waals surface area contributed by atoms with Crippen LogP contribution in [0.1, 0.15) is 5.56 Å². The Morgan fingerprint density at radius 2 is 1.68 bits per heavy atom. The van der Waals surface area contributed by atoms with Crippen LogP contribution >= 0.6 is 15.9 Å². The van der Waals surface area contributed by atoms with E-state index in [2.05, 4.69) is 20.8 Å². The maximum absolute atomic E-state index is 13.4. The second-order valence-electron chi connectivity index (χ2n) is 6.73. The third-order valence-corrected chi connectivity index (χ3v) is 7.38. The summed E-state index contributed by atoms with van der Waals surface area (Å²) in [6, 6.07) is 9.68. The van der Waals surface area contributed by atoms with E-state index in [4.69, 9.17) is 9.47 Å². The summed E-state index contributed by atoms with van der Waals surface area (Å²) in [6.45, 7) is 3.55. The molecule has 0 amide bonds. The molecule has 0 radical (unpaired) electrons. The molecule has 0 unspecified atom stereocenters. The zero-order chi connectivity index (χ0) is 19.7. The summed E-state index contributed by atoms with van der Waals surface area (Å²) >= 11 is 3.20. The molecule has 2 heterocycles. The maximum atomic E-state index is 13.4. The lowest BCUT2D eigenvalue weighted by Gasteiger charge is -2.34. The Kier molecular flexibility index (Phi) is 5.59. The van der Waals surface area contributed by atoms with Gasteiger partial charge in [0.25, 0.3) is 0 Å². The van der Waals surface area contributed by atoms with Crippen LogP contribution in [0.4, 0.5) is 4.39 Å². The zero-order valence-electron chi connectivity index (χ0n) is 15.1. The fraction of sp³-hybridized carbons (Fsp3) is 0.368. The normalized spacial score (nSPS) is 18.2. The van der Waals surface area contributed by atoms with Crippen LogP contribution in [0.2, 0.25) is 0 Å². The molecule has 0 saturated carbocycles. The van der Waals surface area contributed by atoms with Crippen LogP contribution in [0.15, 0.2) is 45.8 Å². The molecular weight excluding hydrogens is 451 g/mol. The topological polar surface area (TPSA) is 59.1 Å². The maximum Gasteiger partial charge on any atom is 0.243 e. The molecule has 0 spiro atoms. The summed E-state index contributed by atoms with van der Waals surface area (Å²) in [5, 5.41) is 0. The van der Waals surface area contributed by atoms with Crippen LogP contribution in [-0.2, 0) is 16.6 Å². The third kappa shape index (κ3) is 4.03. The Morgan fingerprint density at radius 3 is 2.39 bits per heavy atom. The molecule has 0 atom stereocenters. The molecule has 9 heteroatoms. The van der Waals surface area contributed by atoms with Gasteiger partial charge in [0.15, 0.2) is 11.5 Å². The van der Waals surface area contributed by atoms with Gasteiger partial charge in [-0.3, -0.25) is 4.90 Å². The second-order valence-corrected chi connectivity index (χ2v) is 9.53. The fourth-order valence-corrected chi connectivity index (χ4v) is 5.22. The van der Waals surface area contributed by atoms with E-state index >= 15 is 0 Å². The monoisotopic (exact) mass is 470 g/mol. The fourth-order valence-electron chi connectivity index (χ4n) is 3.36. The number of hydrogen-bond donors (Lipinski definition) is 0. The van der Waals surface area contributed by atoms with Crippen LogP contribution < -0.4 is 9.47 Å². The van der Waals surface area contributed by atoms with Gasteiger partial charge in [0.2, 0.25) is 10.0 Å². The lowest BCUT2D eigenvalue weighted by molar-refractivity contribution is 0.170. The summed E-state index contributed by atoms with van der Waals surface area (Å²) in [5.74, 6) is 0.743. The van der Waals surface area contributed by atoms with Crippen LogP contribution in [0, 0.1) is 5.82 Å². The third-order valence-electron chi connectivity index (χ3n) is 4.87. The highest BCUT2D eigenvalue weighted by atomic mass is 79.9. The first kappa shape index (κ1) is 19.6. The van der Waals surface area contributed by atoms with Crippen molar-refractivity contribution in [1.82, 2.24) is 9.21 Å². The minimum Gasteiger partial charge on any atom is -0.486 e. The van der Waals surface area contributed by atoms with Crippen LogP contribution in [0.3, 0.4) is 0 Å². The number of ether oxygens (including phenoxy) is 2. The molecule has 1 fully saturated rings. The lowest BCUT2D eigenvalue weighted by Crippen LogP contribution is -2.48. The summed E-state index contributed by atoms with van der Waals surface area (Å²) < 4.78 is 52.2. The SMILES string of the molecule is O=S(=O)(c1ccc2c(c1)OCCO2)N1CCN(Cc2ccc(F)c(Br)c2)CC1. The van der Waals surface area contributed by atoms with Crippen LogP contribution in [-0.4, -0.2) is 57.0 Å². The van der Waals surface area contributed by atoms with Gasteiger partial charge < -0.3 is 9.47 Å². The molecule has 2 aromatic rings. The standard InChI is InChI=1S/C19H20BrFN2O4S/c20-16-11-14(1-3-17(16)21)13-22-5-7-23(8-6-22)28(24,25)15-2-4-18-19(12-15)27-10-9-26-18/h1-4,11-12H,5-10,13H2. The van der Waals surface area contributed by atoms with Gasteiger partial charge in [-0.2, -0.15) is 4.31 Å². The van der Waals surface area contributed by atoms with E-state index in [1.165, 1.54) is 16.4 Å². The van der Waals surface area contributed by atoms with E-state index in [0.717, 1.165) is 5.56 Å². The van der Waals surface area contributed by atoms with Crippen molar-refractivity contribution in [2.24, 2.45) is 0 Å². The average Bonchev–Trinajstić information content (AvgIpc) is 2.71. The predicted octanol–water partition coefficient (Wildman–Crippen LogP) is 2.87. The second kappa shape index (κ2) is 7.98. The highest BCUT2D eigenvalue weighted by Gasteiger charge is 2.29. The molecular formula is C19H20BrFN2O4S. The van der Waals surface area contributed by atoms with Crippen molar-refractivity contribution >= 4 is 26.0 Å². The number of piperazine rings is 1. The van der Waals surface area contributed by atoms with Crippen molar-refractivity contribution in [3.05, 3.63) is 52.3 Å². The number of rotatable bonds is 4. The number of halogens is 2. The van der Waals surface area contributed by atoms with E-state index in [0.29, 0.717) is 61.9 Å². The minimum atomic E-state index is -3.59. The first-order valence-corrected chi connectivity index (χ1v) is 11.2. The van der Waals surface area contributed by atoms with Gasteiger partial charge in [-0.1, -0.05) is 6.07 Å². The zero-order valence-corrected chi connectivity index (χ0v) is 17.5. The molecule has 0 N–H and O–H groups in total. The van der Waals surface area contributed by atoms with Gasteiger partial charge >= 0.3 is 0 Å². The molecule has 28 heavy (non-hydrogen) atoms. The highest BCUT2D eigenvalue weighted by Crippen LogP contribution is 2.33. The molecule has 150 valence electrons. The molecule has 6 nitrogen and oxygen atoms in total. The molecule has 2 aliphatic heterocycles. The van der Waals surface area contributed by atoms with Crippen molar-refractivity contribution < 1.29 is 22.3 Å². The lowest BCUT2D eigenvalue weighted by atomic mass is 10.2. The summed E-state index contributed by atoms with van der Waals surface area (Å²) in [7, 11) is -3.59. The predicted molar refractivity (Wildman–Crippen MR) is 106 cm³/mol. The molecule has 2 aromatic carbocycles. The number of hydrogen-bond acceptors (Lipinski definition) is 5. The van der Waals surface area contributed by atoms with Crippen molar-refractivity contribution in [3.63, 3.8) is 0 Å². The smallest absolute Gasteiger partial charge is 0.243 e. The van der Waals surface area contributed by atoms with Crippen molar-refractivity contribution in [3.8, 4) is 11.5 Å². The van der Waals surface area contributed by atoms with E-state index in [-0.39, 0.29) is 10.7 Å². The quantitative estimate of drug-likeness (QED) is 0.687. The van der Waals surface area contributed by atoms with E-state index in [1.807, 2.05) is 0 Å². The van der Waals surface area contributed by atoms with Gasteiger partial charge in [0, 0.05) is 38.8 Å². The average molecular weight is 471 g/mol. The van der Waals surface area contributed by atoms with Crippen LogP contribution in [0.25, 0.3) is 0 Å². The molecule has 0 bridgehead atoms. The highest BCUT2D eigenvalue weighted by molar-refractivity contribution is 9.10. The number of nitrogens with zero attached hydrogens (tertiary/aromatic N) is 2. The Labute approximate surface area is 172 Å². The molecule has 1 saturated heterocycles. The van der Waals surface area contributed by atoms with Gasteiger partial charge in [0.05, 0.1) is 9.37 Å². The minimum absolute atomic E-state index is 0.215. The summed E-state index contributed by atoms with van der Waals surface area (Å²) in [5.41, 5.74) is 0.983. The molecule has 0 aromatic heterocycles.